The van der Waals surface area contributed by atoms with E-state index >= 15 is 0 Å². The Balaban J connectivity index is 1.93. The van der Waals surface area contributed by atoms with Crippen molar-refractivity contribution in [2.45, 2.75) is 40.5 Å². The molecule has 0 aromatic rings. The van der Waals surface area contributed by atoms with Gasteiger partial charge in [0.05, 0.1) is 0 Å². The highest BCUT2D eigenvalue weighted by molar-refractivity contribution is 5.23. The SMILES string of the molecule is CC1C(C)C2(C(C)C)C3CCC3C12. The minimum Gasteiger partial charge on any atom is -0.0622 e. The van der Waals surface area contributed by atoms with E-state index in [1.54, 1.807) is 12.8 Å². The van der Waals surface area contributed by atoms with Gasteiger partial charge in [-0.15, -0.1) is 0 Å². The van der Waals surface area contributed by atoms with Crippen LogP contribution in [0, 0.1) is 40.9 Å². The minimum atomic E-state index is 0.808. The molecule has 0 aromatic heterocycles. The Hall–Kier alpha value is 0. The van der Waals surface area contributed by atoms with Crippen LogP contribution in [-0.4, -0.2) is 0 Å². The fraction of sp³-hybridized carbons (Fsp3) is 1.00. The van der Waals surface area contributed by atoms with Crippen LogP contribution < -0.4 is 0 Å². The normalized spacial score (nSPS) is 63.0. The Morgan fingerprint density at radius 3 is 2.23 bits per heavy atom. The molecule has 3 aliphatic rings. The summed E-state index contributed by atoms with van der Waals surface area (Å²) in [6.07, 6.45) is 3.11. The third kappa shape index (κ3) is 0.593. The van der Waals surface area contributed by atoms with E-state index in [0.29, 0.717) is 0 Å². The number of fused-ring (bicyclic) bond motifs is 4. The van der Waals surface area contributed by atoms with Gasteiger partial charge < -0.3 is 0 Å². The largest absolute Gasteiger partial charge is 0.0622 e. The van der Waals surface area contributed by atoms with Crippen molar-refractivity contribution >= 4 is 0 Å². The summed E-state index contributed by atoms with van der Waals surface area (Å²) < 4.78 is 0. The average Bonchev–Trinajstić information content (AvgIpc) is 2.05. The summed E-state index contributed by atoms with van der Waals surface area (Å²) in [5, 5.41) is 0. The topological polar surface area (TPSA) is 0 Å². The van der Waals surface area contributed by atoms with Gasteiger partial charge in [0.1, 0.15) is 0 Å². The van der Waals surface area contributed by atoms with Crippen molar-refractivity contribution in [3.8, 4) is 0 Å². The zero-order valence-electron chi connectivity index (χ0n) is 9.38. The molecular formula is C13H22. The second kappa shape index (κ2) is 2.15. The lowest BCUT2D eigenvalue weighted by atomic mass is 9.23. The molecule has 3 saturated carbocycles. The van der Waals surface area contributed by atoms with Gasteiger partial charge >= 0.3 is 0 Å². The van der Waals surface area contributed by atoms with Crippen LogP contribution in [0.15, 0.2) is 0 Å². The first-order valence-electron chi connectivity index (χ1n) is 6.11. The highest BCUT2D eigenvalue weighted by Gasteiger charge is 2.76. The summed E-state index contributed by atoms with van der Waals surface area (Å²) in [5.74, 6) is 6.41. The van der Waals surface area contributed by atoms with E-state index in [4.69, 9.17) is 0 Å². The number of hydrogen-bond donors (Lipinski definition) is 0. The quantitative estimate of drug-likeness (QED) is 0.576. The smallest absolute Gasteiger partial charge is 0.0181 e. The van der Waals surface area contributed by atoms with Gasteiger partial charge in [-0.25, -0.2) is 0 Å². The molecule has 0 saturated heterocycles. The van der Waals surface area contributed by atoms with E-state index in [1.807, 2.05) is 0 Å². The van der Waals surface area contributed by atoms with Crippen molar-refractivity contribution in [1.82, 2.24) is 0 Å². The zero-order chi connectivity index (χ0) is 9.38. The van der Waals surface area contributed by atoms with Crippen molar-refractivity contribution in [2.75, 3.05) is 0 Å². The Bertz CT molecular complexity index is 232. The van der Waals surface area contributed by atoms with Crippen LogP contribution in [-0.2, 0) is 0 Å². The first-order valence-corrected chi connectivity index (χ1v) is 6.11. The molecule has 0 heterocycles. The Morgan fingerprint density at radius 2 is 1.85 bits per heavy atom. The third-order valence-electron chi connectivity index (χ3n) is 6.15. The van der Waals surface area contributed by atoms with E-state index in [9.17, 15) is 0 Å². The monoisotopic (exact) mass is 178 g/mol. The van der Waals surface area contributed by atoms with Crippen LogP contribution in [0.4, 0.5) is 0 Å². The maximum atomic E-state index is 2.51. The molecule has 0 heteroatoms. The second-order valence-electron chi connectivity index (χ2n) is 6.18. The second-order valence-corrected chi connectivity index (χ2v) is 6.18. The Labute approximate surface area is 82.1 Å². The van der Waals surface area contributed by atoms with Crippen molar-refractivity contribution in [2.24, 2.45) is 40.9 Å². The minimum absolute atomic E-state index is 0.808. The van der Waals surface area contributed by atoms with Crippen molar-refractivity contribution in [3.05, 3.63) is 0 Å². The van der Waals surface area contributed by atoms with Crippen LogP contribution in [0.25, 0.3) is 0 Å². The van der Waals surface area contributed by atoms with Gasteiger partial charge in [-0.2, -0.15) is 0 Å². The third-order valence-corrected chi connectivity index (χ3v) is 6.15. The van der Waals surface area contributed by atoms with Crippen molar-refractivity contribution < 1.29 is 0 Å². The highest BCUT2D eigenvalue weighted by atomic mass is 14.8. The molecule has 6 unspecified atom stereocenters. The van der Waals surface area contributed by atoms with Crippen molar-refractivity contribution in [1.29, 1.82) is 0 Å². The molecule has 0 amide bonds. The molecule has 3 rings (SSSR count). The maximum absolute atomic E-state index is 2.51. The lowest BCUT2D eigenvalue weighted by molar-refractivity contribution is -0.340. The molecular weight excluding hydrogens is 156 g/mol. The van der Waals surface area contributed by atoms with Gasteiger partial charge in [-0.3, -0.25) is 0 Å². The summed E-state index contributed by atoms with van der Waals surface area (Å²) in [6.45, 7) is 9.92. The number of hydrogen-bond acceptors (Lipinski definition) is 0. The Kier molecular flexibility index (Phi) is 1.37. The predicted octanol–water partition coefficient (Wildman–Crippen LogP) is 3.57. The van der Waals surface area contributed by atoms with Crippen LogP contribution in [0.5, 0.6) is 0 Å². The molecule has 0 aliphatic heterocycles. The molecule has 0 radical (unpaired) electrons. The molecule has 0 spiro atoms. The average molecular weight is 178 g/mol. The van der Waals surface area contributed by atoms with Crippen LogP contribution in [0.1, 0.15) is 40.5 Å². The van der Waals surface area contributed by atoms with Crippen LogP contribution >= 0.6 is 0 Å². The summed E-state index contributed by atoms with van der Waals surface area (Å²) in [4.78, 5) is 0. The lowest BCUT2D eigenvalue weighted by Crippen LogP contribution is -2.77. The van der Waals surface area contributed by atoms with E-state index in [0.717, 1.165) is 40.9 Å². The van der Waals surface area contributed by atoms with Crippen molar-refractivity contribution in [3.63, 3.8) is 0 Å². The highest BCUT2D eigenvalue weighted by Crippen LogP contribution is 2.81. The number of rotatable bonds is 1. The molecule has 6 atom stereocenters. The zero-order valence-corrected chi connectivity index (χ0v) is 9.38. The summed E-state index contributed by atoms with van der Waals surface area (Å²) >= 11 is 0. The first-order chi connectivity index (χ1) is 6.11. The van der Waals surface area contributed by atoms with E-state index < -0.39 is 0 Å². The van der Waals surface area contributed by atoms with Gasteiger partial charge in [-0.05, 0) is 53.8 Å². The summed E-state index contributed by atoms with van der Waals surface area (Å²) in [5.41, 5.74) is 0.808. The standard InChI is InChI=1S/C13H22/c1-7(2)13-9(4)8(3)12(13)10-5-6-11(10)13/h7-12H,5-6H2,1-4H3. The molecule has 0 bridgehead atoms. The van der Waals surface area contributed by atoms with E-state index in [2.05, 4.69) is 27.7 Å². The van der Waals surface area contributed by atoms with E-state index in [-0.39, 0.29) is 0 Å². The van der Waals surface area contributed by atoms with E-state index in [1.165, 1.54) is 0 Å². The predicted molar refractivity (Wildman–Crippen MR) is 55.3 cm³/mol. The van der Waals surface area contributed by atoms with Gasteiger partial charge in [0.2, 0.25) is 0 Å². The van der Waals surface area contributed by atoms with Gasteiger partial charge in [0.15, 0.2) is 0 Å². The van der Waals surface area contributed by atoms with Crippen LogP contribution in [0.2, 0.25) is 0 Å². The van der Waals surface area contributed by atoms with Gasteiger partial charge in [-0.1, -0.05) is 27.7 Å². The Morgan fingerprint density at radius 1 is 1.15 bits per heavy atom. The molecule has 3 fully saturated rings. The van der Waals surface area contributed by atoms with Gasteiger partial charge in [0, 0.05) is 0 Å². The fourth-order valence-corrected chi connectivity index (χ4v) is 5.55. The lowest BCUT2D eigenvalue weighted by Gasteiger charge is -2.81. The molecule has 13 heavy (non-hydrogen) atoms. The molecule has 0 nitrogen and oxygen atoms in total. The molecule has 74 valence electrons. The van der Waals surface area contributed by atoms with Gasteiger partial charge in [0.25, 0.3) is 0 Å². The molecule has 0 aromatic carbocycles. The first kappa shape index (κ1) is 8.32. The molecule has 0 N–H and O–H groups in total. The summed E-state index contributed by atoms with van der Waals surface area (Å²) in [7, 11) is 0. The summed E-state index contributed by atoms with van der Waals surface area (Å²) in [6, 6.07) is 0. The van der Waals surface area contributed by atoms with Crippen LogP contribution in [0.3, 0.4) is 0 Å². The fourth-order valence-electron chi connectivity index (χ4n) is 5.55. The molecule has 3 aliphatic carbocycles. The maximum Gasteiger partial charge on any atom is -0.0181 e.